The van der Waals surface area contributed by atoms with E-state index in [1.54, 1.807) is 12.1 Å². The van der Waals surface area contributed by atoms with Crippen LogP contribution in [0, 0.1) is 5.92 Å². The fourth-order valence-corrected chi connectivity index (χ4v) is 2.06. The molecule has 1 aliphatic carbocycles. The zero-order valence-electron chi connectivity index (χ0n) is 12.6. The van der Waals surface area contributed by atoms with Crippen LogP contribution in [0.3, 0.4) is 0 Å². The van der Waals surface area contributed by atoms with Crippen LogP contribution in [0.2, 0.25) is 0 Å². The minimum absolute atomic E-state index is 0.0322. The Bertz CT molecular complexity index is 755. The number of hydrogen-bond acceptors (Lipinski definition) is 5. The maximum absolute atomic E-state index is 12.5. The van der Waals surface area contributed by atoms with Crippen molar-refractivity contribution >= 4 is 0 Å². The largest absolute Gasteiger partial charge is 0.489 e. The van der Waals surface area contributed by atoms with Gasteiger partial charge in [0.15, 0.2) is 11.5 Å². The second kappa shape index (κ2) is 7.18. The topological polar surface area (TPSA) is 93.3 Å². The monoisotopic (exact) mass is 336 g/mol. The van der Waals surface area contributed by atoms with E-state index in [2.05, 4.69) is 19.7 Å². The summed E-state index contributed by atoms with van der Waals surface area (Å²) in [5.74, 6) is 0.924. The van der Waals surface area contributed by atoms with Crippen LogP contribution >= 0.6 is 0 Å². The molecular weight excluding hydrogens is 322 g/mol. The van der Waals surface area contributed by atoms with E-state index >= 15 is 0 Å². The van der Waals surface area contributed by atoms with Gasteiger partial charge < -0.3 is 13.9 Å². The average molecular weight is 336 g/mol. The number of azide groups is 1. The van der Waals surface area contributed by atoms with E-state index in [1.165, 1.54) is 12.3 Å². The number of aromatic nitrogens is 1. The molecule has 1 aliphatic rings. The molecule has 7 nitrogen and oxygen atoms in total. The van der Waals surface area contributed by atoms with E-state index in [0.29, 0.717) is 23.8 Å². The van der Waals surface area contributed by atoms with E-state index in [0.717, 1.165) is 12.8 Å². The minimum Gasteiger partial charge on any atom is -0.489 e. The third-order valence-corrected chi connectivity index (χ3v) is 3.43. The first-order valence-corrected chi connectivity index (χ1v) is 7.33. The maximum Gasteiger partial charge on any atom is 0.387 e. The first kappa shape index (κ1) is 16.1. The Morgan fingerprint density at radius 2 is 2.21 bits per heavy atom. The highest BCUT2D eigenvalue weighted by atomic mass is 19.3. The molecule has 0 spiro atoms. The van der Waals surface area contributed by atoms with Crippen LogP contribution in [0.25, 0.3) is 21.9 Å². The number of nitrogens with zero attached hydrogens (tertiary/aromatic N) is 4. The van der Waals surface area contributed by atoms with Gasteiger partial charge in [0.25, 0.3) is 0 Å². The third kappa shape index (κ3) is 4.14. The van der Waals surface area contributed by atoms with Crippen molar-refractivity contribution in [1.82, 2.24) is 4.98 Å². The number of alkyl halides is 2. The number of oxazole rings is 1. The van der Waals surface area contributed by atoms with Gasteiger partial charge in [-0.25, -0.2) is 4.98 Å². The van der Waals surface area contributed by atoms with E-state index in [4.69, 9.17) is 14.7 Å². The van der Waals surface area contributed by atoms with E-state index < -0.39 is 6.61 Å². The highest BCUT2D eigenvalue weighted by molar-refractivity contribution is 5.60. The van der Waals surface area contributed by atoms with Gasteiger partial charge in [-0.3, -0.25) is 0 Å². The average Bonchev–Trinajstić information content (AvgIpc) is 3.27. The maximum atomic E-state index is 12.5. The van der Waals surface area contributed by atoms with Gasteiger partial charge in [0.1, 0.15) is 6.26 Å². The highest BCUT2D eigenvalue weighted by Gasteiger charge is 2.23. The lowest BCUT2D eigenvalue weighted by Crippen LogP contribution is -2.06. The molecule has 0 N–H and O–H groups in total. The van der Waals surface area contributed by atoms with Crippen LogP contribution in [-0.4, -0.2) is 18.2 Å². The molecule has 126 valence electrons. The lowest BCUT2D eigenvalue weighted by atomic mass is 10.2. The summed E-state index contributed by atoms with van der Waals surface area (Å²) in [6, 6.07) is 4.48. The van der Waals surface area contributed by atoms with Crippen molar-refractivity contribution in [2.24, 2.45) is 11.0 Å². The molecule has 1 fully saturated rings. The van der Waals surface area contributed by atoms with Crippen molar-refractivity contribution in [3.05, 3.63) is 40.6 Å². The van der Waals surface area contributed by atoms with E-state index in [-0.39, 0.29) is 23.9 Å². The molecule has 0 amide bonds. The standard InChI is InChI=1S/C15H14F2N4O3/c16-15(17)24-12-4-3-10(5-13(12)22-7-9-1-2-9)14-20-11(8-23-14)6-19-21-18/h3-5,8-9,15H,1-2,6-7H2. The number of rotatable bonds is 8. The molecule has 1 aromatic carbocycles. The molecule has 0 unspecified atom stereocenters. The fraction of sp³-hybridized carbons (Fsp3) is 0.400. The molecule has 1 heterocycles. The van der Waals surface area contributed by atoms with Crippen molar-refractivity contribution in [1.29, 1.82) is 0 Å². The van der Waals surface area contributed by atoms with Gasteiger partial charge >= 0.3 is 6.61 Å². The number of hydrogen-bond donors (Lipinski definition) is 0. The van der Waals surface area contributed by atoms with Crippen molar-refractivity contribution in [2.45, 2.75) is 26.0 Å². The van der Waals surface area contributed by atoms with Gasteiger partial charge in [0.05, 0.1) is 18.8 Å². The Labute approximate surface area is 135 Å². The molecule has 3 rings (SSSR count). The van der Waals surface area contributed by atoms with Crippen molar-refractivity contribution in [3.63, 3.8) is 0 Å². The normalized spacial score (nSPS) is 13.6. The molecule has 0 radical (unpaired) electrons. The van der Waals surface area contributed by atoms with E-state index in [1.807, 2.05) is 0 Å². The third-order valence-electron chi connectivity index (χ3n) is 3.43. The predicted molar refractivity (Wildman–Crippen MR) is 79.6 cm³/mol. The predicted octanol–water partition coefficient (Wildman–Crippen LogP) is 4.54. The van der Waals surface area contributed by atoms with Gasteiger partial charge in [0, 0.05) is 10.5 Å². The molecule has 0 aliphatic heterocycles. The fourth-order valence-electron chi connectivity index (χ4n) is 2.06. The number of benzene rings is 1. The zero-order chi connectivity index (χ0) is 16.9. The number of ether oxygens (including phenoxy) is 2. The molecule has 24 heavy (non-hydrogen) atoms. The van der Waals surface area contributed by atoms with Crippen molar-refractivity contribution < 1.29 is 22.7 Å². The lowest BCUT2D eigenvalue weighted by molar-refractivity contribution is -0.0515. The summed E-state index contributed by atoms with van der Waals surface area (Å²) in [7, 11) is 0. The van der Waals surface area contributed by atoms with Crippen LogP contribution in [0.4, 0.5) is 8.78 Å². The van der Waals surface area contributed by atoms with Gasteiger partial charge in [-0.05, 0) is 42.5 Å². The van der Waals surface area contributed by atoms with Crippen molar-refractivity contribution in [2.75, 3.05) is 6.61 Å². The summed E-state index contributed by atoms with van der Waals surface area (Å²) in [5.41, 5.74) is 9.33. The van der Waals surface area contributed by atoms with Crippen LogP contribution in [0.15, 0.2) is 34.0 Å². The molecule has 2 aromatic rings. The quantitative estimate of drug-likeness (QED) is 0.402. The van der Waals surface area contributed by atoms with Gasteiger partial charge in [-0.15, -0.1) is 0 Å². The Morgan fingerprint density at radius 1 is 1.38 bits per heavy atom. The highest BCUT2D eigenvalue weighted by Crippen LogP contribution is 2.36. The summed E-state index contributed by atoms with van der Waals surface area (Å²) < 4.78 is 40.4. The molecule has 0 bridgehead atoms. The second-order valence-electron chi connectivity index (χ2n) is 5.33. The molecular formula is C15H14F2N4O3. The second-order valence-corrected chi connectivity index (χ2v) is 5.33. The van der Waals surface area contributed by atoms with Crippen LogP contribution < -0.4 is 9.47 Å². The van der Waals surface area contributed by atoms with Gasteiger partial charge in [-0.1, -0.05) is 5.11 Å². The zero-order valence-corrected chi connectivity index (χ0v) is 12.6. The summed E-state index contributed by atoms with van der Waals surface area (Å²) in [4.78, 5) is 6.83. The molecule has 0 saturated heterocycles. The Morgan fingerprint density at radius 3 is 2.92 bits per heavy atom. The molecule has 1 saturated carbocycles. The smallest absolute Gasteiger partial charge is 0.387 e. The summed E-state index contributed by atoms with van der Waals surface area (Å²) in [6.45, 7) is -2.41. The SMILES string of the molecule is [N-]=[N+]=NCc1coc(-c2ccc(OC(F)F)c(OCC3CC3)c2)n1. The molecule has 1 aromatic heterocycles. The van der Waals surface area contributed by atoms with E-state index in [9.17, 15) is 8.78 Å². The molecule has 9 heteroatoms. The first-order valence-electron chi connectivity index (χ1n) is 7.33. The first-order chi connectivity index (χ1) is 11.7. The van der Waals surface area contributed by atoms with Gasteiger partial charge in [-0.2, -0.15) is 8.78 Å². The Balaban J connectivity index is 1.82. The summed E-state index contributed by atoms with van der Waals surface area (Å²) >= 11 is 0. The summed E-state index contributed by atoms with van der Waals surface area (Å²) in [6.07, 6.45) is 3.53. The van der Waals surface area contributed by atoms with Crippen LogP contribution in [0.5, 0.6) is 11.5 Å². The Kier molecular flexibility index (Phi) is 4.81. The Hall–Kier alpha value is -2.80. The van der Waals surface area contributed by atoms with Crippen LogP contribution in [-0.2, 0) is 6.54 Å². The molecule has 0 atom stereocenters. The lowest BCUT2D eigenvalue weighted by Gasteiger charge is -2.12. The number of halogens is 2. The van der Waals surface area contributed by atoms with Crippen molar-refractivity contribution in [3.8, 4) is 23.0 Å². The van der Waals surface area contributed by atoms with Crippen LogP contribution in [0.1, 0.15) is 18.5 Å². The van der Waals surface area contributed by atoms with Gasteiger partial charge in [0.2, 0.25) is 5.89 Å². The summed E-state index contributed by atoms with van der Waals surface area (Å²) in [5, 5.41) is 3.40. The minimum atomic E-state index is -2.93.